The number of hydrogen-bond acceptors (Lipinski definition) is 4. The Morgan fingerprint density at radius 2 is 2.31 bits per heavy atom. The number of anilines is 1. The first-order valence-corrected chi connectivity index (χ1v) is 5.81. The van der Waals surface area contributed by atoms with Gasteiger partial charge in [-0.2, -0.15) is 5.26 Å². The van der Waals surface area contributed by atoms with Crippen molar-refractivity contribution in [2.45, 2.75) is 6.54 Å². The van der Waals surface area contributed by atoms with Crippen LogP contribution in [0.1, 0.15) is 9.75 Å². The molecular weight excluding hydrogens is 242 g/mol. The molecule has 2 aromatic heterocycles. The number of nitrogens with one attached hydrogen (secondary N) is 1. The van der Waals surface area contributed by atoms with E-state index in [0.29, 0.717) is 16.4 Å². The zero-order valence-electron chi connectivity index (χ0n) is 8.27. The molecule has 0 aliphatic carbocycles. The van der Waals surface area contributed by atoms with Gasteiger partial charge in [0.15, 0.2) is 0 Å². The zero-order valence-corrected chi connectivity index (χ0v) is 9.85. The molecule has 0 saturated carbocycles. The van der Waals surface area contributed by atoms with Gasteiger partial charge in [-0.05, 0) is 18.2 Å². The molecule has 5 heteroatoms. The predicted octanol–water partition coefficient (Wildman–Crippen LogP) is 3.28. The zero-order chi connectivity index (χ0) is 11.4. The van der Waals surface area contributed by atoms with Crippen molar-refractivity contribution in [2.75, 3.05) is 5.32 Å². The second-order valence-electron chi connectivity index (χ2n) is 3.09. The second kappa shape index (κ2) is 4.97. The minimum atomic E-state index is 0.645. The number of hydrogen-bond donors (Lipinski definition) is 1. The first-order chi connectivity index (χ1) is 7.79. The van der Waals surface area contributed by atoms with E-state index in [1.54, 1.807) is 18.5 Å². The number of rotatable bonds is 3. The summed E-state index contributed by atoms with van der Waals surface area (Å²) in [5, 5.41) is 12.5. The quantitative estimate of drug-likeness (QED) is 0.908. The average Bonchev–Trinajstić information content (AvgIpc) is 2.76. The lowest BCUT2D eigenvalue weighted by atomic mass is 10.4. The van der Waals surface area contributed by atoms with Crippen LogP contribution in [0.3, 0.4) is 0 Å². The van der Waals surface area contributed by atoms with Gasteiger partial charge >= 0.3 is 0 Å². The maximum absolute atomic E-state index is 8.69. The summed E-state index contributed by atoms with van der Waals surface area (Å²) in [6, 6.07) is 7.59. The molecule has 16 heavy (non-hydrogen) atoms. The van der Waals surface area contributed by atoms with E-state index in [0.717, 1.165) is 10.6 Å². The first kappa shape index (κ1) is 10.9. The highest BCUT2D eigenvalue weighted by molar-refractivity contribution is 7.12. The molecule has 0 atom stereocenters. The van der Waals surface area contributed by atoms with Crippen molar-refractivity contribution in [1.82, 2.24) is 4.98 Å². The molecule has 1 N–H and O–H groups in total. The second-order valence-corrected chi connectivity index (χ2v) is 4.66. The van der Waals surface area contributed by atoms with Crippen LogP contribution < -0.4 is 5.32 Å². The summed E-state index contributed by atoms with van der Waals surface area (Å²) in [5.41, 5.74) is 0.802. The molecule has 0 unspecified atom stereocenters. The van der Waals surface area contributed by atoms with Crippen molar-refractivity contribution in [1.29, 1.82) is 5.26 Å². The number of aromatic nitrogens is 1. The highest BCUT2D eigenvalue weighted by atomic mass is 35.5. The minimum Gasteiger partial charge on any atom is -0.378 e. The van der Waals surface area contributed by atoms with Crippen LogP contribution in [-0.2, 0) is 6.54 Å². The summed E-state index contributed by atoms with van der Waals surface area (Å²) < 4.78 is 0. The molecule has 0 aliphatic heterocycles. The highest BCUT2D eigenvalue weighted by Gasteiger charge is 2.01. The lowest BCUT2D eigenvalue weighted by Gasteiger charge is -2.05. The van der Waals surface area contributed by atoms with Crippen molar-refractivity contribution in [3.63, 3.8) is 0 Å². The normalized spacial score (nSPS) is 9.75. The maximum atomic E-state index is 8.69. The number of nitriles is 1. The van der Waals surface area contributed by atoms with Crippen molar-refractivity contribution >= 4 is 28.6 Å². The van der Waals surface area contributed by atoms with Gasteiger partial charge < -0.3 is 5.32 Å². The number of thiophene rings is 1. The van der Waals surface area contributed by atoms with Gasteiger partial charge in [-0.25, -0.2) is 0 Å². The summed E-state index contributed by atoms with van der Waals surface area (Å²) in [6.07, 6.45) is 3.33. The fourth-order valence-electron chi connectivity index (χ4n) is 1.22. The van der Waals surface area contributed by atoms with E-state index < -0.39 is 0 Å². The molecule has 0 spiro atoms. The average molecular weight is 250 g/mol. The lowest BCUT2D eigenvalue weighted by molar-refractivity contribution is 1.17. The van der Waals surface area contributed by atoms with Crippen LogP contribution in [0.25, 0.3) is 0 Å². The van der Waals surface area contributed by atoms with Gasteiger partial charge in [0, 0.05) is 17.6 Å². The molecule has 2 aromatic rings. The van der Waals surface area contributed by atoms with Crippen LogP contribution in [0.4, 0.5) is 5.69 Å². The van der Waals surface area contributed by atoms with Gasteiger partial charge in [0.25, 0.3) is 0 Å². The Balaban J connectivity index is 2.03. The van der Waals surface area contributed by atoms with Gasteiger partial charge in [-0.1, -0.05) is 11.6 Å². The van der Waals surface area contributed by atoms with Crippen LogP contribution in [0, 0.1) is 11.3 Å². The third-order valence-corrected chi connectivity index (χ3v) is 3.31. The number of pyridine rings is 1. The molecule has 80 valence electrons. The van der Waals surface area contributed by atoms with Gasteiger partial charge in [-0.15, -0.1) is 11.3 Å². The molecule has 2 rings (SSSR count). The van der Waals surface area contributed by atoms with Crippen molar-refractivity contribution in [2.24, 2.45) is 0 Å². The standard InChI is InChI=1S/C11H8ClN3S/c12-10-3-4-14-7-11(10)15-6-9-2-1-8(5-13)16-9/h1-4,7,15H,6H2. The van der Waals surface area contributed by atoms with Crippen LogP contribution in [0.15, 0.2) is 30.6 Å². The van der Waals surface area contributed by atoms with E-state index in [4.69, 9.17) is 16.9 Å². The van der Waals surface area contributed by atoms with Crippen LogP contribution in [0.5, 0.6) is 0 Å². The molecule has 2 heterocycles. The lowest BCUT2D eigenvalue weighted by Crippen LogP contribution is -1.98. The Morgan fingerprint density at radius 1 is 1.44 bits per heavy atom. The van der Waals surface area contributed by atoms with E-state index in [1.165, 1.54) is 11.3 Å². The minimum absolute atomic E-state index is 0.645. The third kappa shape index (κ3) is 2.51. The monoisotopic (exact) mass is 249 g/mol. The number of halogens is 1. The SMILES string of the molecule is N#Cc1ccc(CNc2cnccc2Cl)s1. The number of nitrogens with zero attached hydrogens (tertiary/aromatic N) is 2. The van der Waals surface area contributed by atoms with Crippen molar-refractivity contribution in [3.05, 3.63) is 45.4 Å². The van der Waals surface area contributed by atoms with Gasteiger partial charge in [0.05, 0.1) is 16.9 Å². The molecule has 0 amide bonds. The fraction of sp³-hybridized carbons (Fsp3) is 0.0909. The Morgan fingerprint density at radius 3 is 3.00 bits per heavy atom. The Labute approximate surface area is 102 Å². The van der Waals surface area contributed by atoms with Crippen LogP contribution in [-0.4, -0.2) is 4.98 Å². The topological polar surface area (TPSA) is 48.7 Å². The molecule has 0 bridgehead atoms. The van der Waals surface area contributed by atoms with Crippen LogP contribution in [0.2, 0.25) is 5.02 Å². The molecule has 0 radical (unpaired) electrons. The van der Waals surface area contributed by atoms with Gasteiger partial charge in [0.2, 0.25) is 0 Å². The Hall–Kier alpha value is -1.57. The molecule has 0 aliphatic rings. The summed E-state index contributed by atoms with van der Waals surface area (Å²) in [5.74, 6) is 0. The van der Waals surface area contributed by atoms with Crippen LogP contribution >= 0.6 is 22.9 Å². The maximum Gasteiger partial charge on any atom is 0.110 e. The smallest absolute Gasteiger partial charge is 0.110 e. The Bertz CT molecular complexity index is 530. The molecule has 0 saturated heterocycles. The fourth-order valence-corrected chi connectivity index (χ4v) is 2.14. The summed E-state index contributed by atoms with van der Waals surface area (Å²) in [7, 11) is 0. The molecule has 0 fully saturated rings. The summed E-state index contributed by atoms with van der Waals surface area (Å²) >= 11 is 7.44. The van der Waals surface area contributed by atoms with E-state index in [-0.39, 0.29) is 0 Å². The highest BCUT2D eigenvalue weighted by Crippen LogP contribution is 2.21. The van der Waals surface area contributed by atoms with E-state index >= 15 is 0 Å². The summed E-state index contributed by atoms with van der Waals surface area (Å²) in [4.78, 5) is 5.79. The van der Waals surface area contributed by atoms with Gasteiger partial charge in [-0.3, -0.25) is 4.98 Å². The molecule has 3 nitrogen and oxygen atoms in total. The summed E-state index contributed by atoms with van der Waals surface area (Å²) in [6.45, 7) is 0.651. The van der Waals surface area contributed by atoms with E-state index in [9.17, 15) is 0 Å². The largest absolute Gasteiger partial charge is 0.378 e. The Kier molecular flexibility index (Phi) is 3.40. The van der Waals surface area contributed by atoms with Gasteiger partial charge in [0.1, 0.15) is 10.9 Å². The van der Waals surface area contributed by atoms with E-state index in [2.05, 4.69) is 16.4 Å². The predicted molar refractivity (Wildman–Crippen MR) is 65.6 cm³/mol. The van der Waals surface area contributed by atoms with E-state index in [1.807, 2.05) is 12.1 Å². The third-order valence-electron chi connectivity index (χ3n) is 1.99. The first-order valence-electron chi connectivity index (χ1n) is 4.62. The van der Waals surface area contributed by atoms with Crippen molar-refractivity contribution in [3.8, 4) is 6.07 Å². The van der Waals surface area contributed by atoms with Crippen molar-refractivity contribution < 1.29 is 0 Å². The molecule has 0 aromatic carbocycles. The molecular formula is C11H8ClN3S.